The lowest BCUT2D eigenvalue weighted by atomic mass is 10.4. The number of nitro groups is 1. The number of hydrogen-bond acceptors (Lipinski definition) is 5. The fourth-order valence-electron chi connectivity index (χ4n) is 1.98. The van der Waals surface area contributed by atoms with E-state index in [1.165, 1.54) is 16.3 Å². The molecule has 0 aromatic carbocycles. The summed E-state index contributed by atoms with van der Waals surface area (Å²) in [4.78, 5) is 34.4. The van der Waals surface area contributed by atoms with Crippen LogP contribution in [0.4, 0.5) is 5.69 Å². The van der Waals surface area contributed by atoms with E-state index in [1.807, 2.05) is 6.92 Å². The topological polar surface area (TPSA) is 87.1 Å². The van der Waals surface area contributed by atoms with Crippen molar-refractivity contribution in [2.75, 3.05) is 5.75 Å². The van der Waals surface area contributed by atoms with Crippen LogP contribution in [-0.2, 0) is 13.1 Å². The molecule has 98 valence electrons. The van der Waals surface area contributed by atoms with Gasteiger partial charge in [0.2, 0.25) is 0 Å². The van der Waals surface area contributed by atoms with Crippen molar-refractivity contribution in [1.82, 2.24) is 9.13 Å². The second-order valence-corrected chi connectivity index (χ2v) is 5.09. The van der Waals surface area contributed by atoms with E-state index in [9.17, 15) is 19.7 Å². The normalized spacial score (nSPS) is 14.3. The van der Waals surface area contributed by atoms with Crippen LogP contribution in [0.15, 0.2) is 14.6 Å². The second kappa shape index (κ2) is 4.97. The van der Waals surface area contributed by atoms with Crippen molar-refractivity contribution < 1.29 is 4.92 Å². The third-order valence-electron chi connectivity index (χ3n) is 2.75. The third kappa shape index (κ3) is 1.96. The van der Waals surface area contributed by atoms with E-state index >= 15 is 0 Å². The molecule has 1 aromatic rings. The van der Waals surface area contributed by atoms with E-state index < -0.39 is 21.9 Å². The molecule has 0 aliphatic carbocycles. The minimum absolute atomic E-state index is 0.202. The molecule has 2 heterocycles. The van der Waals surface area contributed by atoms with Crippen molar-refractivity contribution in [3.8, 4) is 0 Å². The number of thioether (sulfide) groups is 1. The van der Waals surface area contributed by atoms with Crippen molar-refractivity contribution in [2.24, 2.45) is 0 Å². The van der Waals surface area contributed by atoms with Gasteiger partial charge in [0, 0.05) is 18.8 Å². The molecular weight excluding hydrogens is 258 g/mol. The van der Waals surface area contributed by atoms with E-state index in [1.54, 1.807) is 0 Å². The van der Waals surface area contributed by atoms with Gasteiger partial charge in [-0.15, -0.1) is 11.8 Å². The molecule has 0 amide bonds. The molecule has 0 unspecified atom stereocenters. The Morgan fingerprint density at radius 3 is 2.78 bits per heavy atom. The molecule has 0 radical (unpaired) electrons. The predicted molar refractivity (Wildman–Crippen MR) is 67.2 cm³/mol. The molecule has 0 N–H and O–H groups in total. The average molecular weight is 271 g/mol. The van der Waals surface area contributed by atoms with Crippen LogP contribution in [0.25, 0.3) is 0 Å². The second-order valence-electron chi connectivity index (χ2n) is 4.00. The fraction of sp³-hybridized carbons (Fsp3) is 0.600. The van der Waals surface area contributed by atoms with Gasteiger partial charge in [-0.2, -0.15) is 0 Å². The van der Waals surface area contributed by atoms with Crippen LogP contribution in [0.1, 0.15) is 19.8 Å². The van der Waals surface area contributed by atoms with Gasteiger partial charge >= 0.3 is 16.9 Å². The highest BCUT2D eigenvalue weighted by Crippen LogP contribution is 2.28. The zero-order valence-corrected chi connectivity index (χ0v) is 10.7. The van der Waals surface area contributed by atoms with Crippen molar-refractivity contribution in [1.29, 1.82) is 0 Å². The van der Waals surface area contributed by atoms with Crippen LogP contribution in [0, 0.1) is 10.1 Å². The minimum atomic E-state index is -0.785. The van der Waals surface area contributed by atoms with Gasteiger partial charge in [-0.25, -0.2) is 4.79 Å². The molecule has 1 aromatic heterocycles. The molecule has 8 heteroatoms. The summed E-state index contributed by atoms with van der Waals surface area (Å²) in [7, 11) is 0. The first kappa shape index (κ1) is 12.9. The Labute approximate surface area is 107 Å². The monoisotopic (exact) mass is 271 g/mol. The van der Waals surface area contributed by atoms with Gasteiger partial charge in [0.25, 0.3) is 0 Å². The lowest BCUT2D eigenvalue weighted by Gasteiger charge is -2.18. The van der Waals surface area contributed by atoms with Crippen LogP contribution in [-0.4, -0.2) is 19.8 Å². The Balaban J connectivity index is 2.80. The van der Waals surface area contributed by atoms with Gasteiger partial charge in [0.15, 0.2) is 5.03 Å². The molecule has 0 fully saturated rings. The van der Waals surface area contributed by atoms with Gasteiger partial charge in [-0.1, -0.05) is 6.92 Å². The first-order valence-corrected chi connectivity index (χ1v) is 6.71. The Kier molecular flexibility index (Phi) is 3.55. The molecule has 0 saturated carbocycles. The molecule has 0 spiro atoms. The van der Waals surface area contributed by atoms with E-state index in [0.717, 1.165) is 11.0 Å². The molecule has 0 bridgehead atoms. The highest BCUT2D eigenvalue weighted by Gasteiger charge is 2.29. The summed E-state index contributed by atoms with van der Waals surface area (Å²) in [5.41, 5.74) is -1.69. The summed E-state index contributed by atoms with van der Waals surface area (Å²) in [6.07, 6.45) is 1.36. The van der Waals surface area contributed by atoms with Gasteiger partial charge < -0.3 is 0 Å². The molecule has 0 saturated heterocycles. The molecule has 2 rings (SSSR count). The Bertz CT molecular complexity index is 604. The zero-order valence-electron chi connectivity index (χ0n) is 9.92. The van der Waals surface area contributed by atoms with Crippen molar-refractivity contribution in [3.05, 3.63) is 31.0 Å². The maximum Gasteiger partial charge on any atom is 0.364 e. The number of aromatic nitrogens is 2. The third-order valence-corrected chi connectivity index (χ3v) is 3.93. The maximum absolute atomic E-state index is 12.1. The standard InChI is InChI=1S/C10H13N3O4S/c1-2-4-11-8(14)7(13(16)17)9-12(10(11)15)5-3-6-18-9/h2-6H2,1H3. The van der Waals surface area contributed by atoms with Crippen molar-refractivity contribution in [3.63, 3.8) is 0 Å². The zero-order chi connectivity index (χ0) is 13.3. The van der Waals surface area contributed by atoms with Gasteiger partial charge in [0.05, 0.1) is 4.92 Å². The maximum atomic E-state index is 12.1. The van der Waals surface area contributed by atoms with Crippen LogP contribution < -0.4 is 11.2 Å². The molecular formula is C10H13N3O4S. The van der Waals surface area contributed by atoms with Gasteiger partial charge in [-0.05, 0) is 12.8 Å². The Hall–Kier alpha value is -1.57. The van der Waals surface area contributed by atoms with Crippen LogP contribution in [0.5, 0.6) is 0 Å². The summed E-state index contributed by atoms with van der Waals surface area (Å²) < 4.78 is 2.32. The molecule has 1 aliphatic heterocycles. The van der Waals surface area contributed by atoms with Crippen LogP contribution in [0.2, 0.25) is 0 Å². The molecule has 1 aliphatic rings. The molecule has 7 nitrogen and oxygen atoms in total. The summed E-state index contributed by atoms with van der Waals surface area (Å²) in [5, 5.41) is 11.2. The lowest BCUT2D eigenvalue weighted by Crippen LogP contribution is -2.42. The van der Waals surface area contributed by atoms with E-state index in [4.69, 9.17) is 0 Å². The van der Waals surface area contributed by atoms with Crippen molar-refractivity contribution in [2.45, 2.75) is 37.9 Å². The smallest absolute Gasteiger partial charge is 0.282 e. The van der Waals surface area contributed by atoms with Gasteiger partial charge in [0.1, 0.15) is 0 Å². The Morgan fingerprint density at radius 2 is 2.17 bits per heavy atom. The van der Waals surface area contributed by atoms with Crippen LogP contribution >= 0.6 is 11.8 Å². The summed E-state index contributed by atoms with van der Waals surface area (Å²) in [6, 6.07) is 0. The van der Waals surface area contributed by atoms with E-state index in [-0.39, 0.29) is 11.6 Å². The quantitative estimate of drug-likeness (QED) is 0.461. The predicted octanol–water partition coefficient (Wildman–Crippen LogP) is 0.824. The summed E-state index contributed by atoms with van der Waals surface area (Å²) in [5.74, 6) is 0.692. The Morgan fingerprint density at radius 1 is 1.44 bits per heavy atom. The SMILES string of the molecule is CCCn1c(=O)c([N+](=O)[O-])c2n(c1=O)CCCS2. The minimum Gasteiger partial charge on any atom is -0.282 e. The fourth-order valence-corrected chi connectivity index (χ4v) is 3.07. The average Bonchev–Trinajstić information content (AvgIpc) is 2.34. The highest BCUT2D eigenvalue weighted by atomic mass is 32.2. The van der Waals surface area contributed by atoms with Crippen molar-refractivity contribution >= 4 is 17.4 Å². The first-order chi connectivity index (χ1) is 8.57. The first-order valence-electron chi connectivity index (χ1n) is 5.72. The van der Waals surface area contributed by atoms with Crippen LogP contribution in [0.3, 0.4) is 0 Å². The number of fused-ring (bicyclic) bond motifs is 1. The van der Waals surface area contributed by atoms with E-state index in [0.29, 0.717) is 18.7 Å². The number of rotatable bonds is 3. The highest BCUT2D eigenvalue weighted by molar-refractivity contribution is 7.99. The molecule has 18 heavy (non-hydrogen) atoms. The van der Waals surface area contributed by atoms with Gasteiger partial charge in [-0.3, -0.25) is 24.0 Å². The lowest BCUT2D eigenvalue weighted by molar-refractivity contribution is -0.390. The summed E-state index contributed by atoms with van der Waals surface area (Å²) in [6.45, 7) is 2.46. The molecule has 0 atom stereocenters. The number of nitrogens with zero attached hydrogens (tertiary/aromatic N) is 3. The number of hydrogen-bond donors (Lipinski definition) is 0. The summed E-state index contributed by atoms with van der Waals surface area (Å²) >= 11 is 1.21. The largest absolute Gasteiger partial charge is 0.364 e. The van der Waals surface area contributed by atoms with E-state index in [2.05, 4.69) is 0 Å².